The van der Waals surface area contributed by atoms with Crippen LogP contribution in [0.3, 0.4) is 0 Å². The second-order valence-electron chi connectivity index (χ2n) is 8.34. The smallest absolute Gasteiger partial charge is 0.223 e. The van der Waals surface area contributed by atoms with Crippen molar-refractivity contribution in [2.45, 2.75) is 26.3 Å². The van der Waals surface area contributed by atoms with Gasteiger partial charge in [-0.25, -0.2) is 9.67 Å². The fourth-order valence-corrected chi connectivity index (χ4v) is 4.09. The van der Waals surface area contributed by atoms with Crippen molar-refractivity contribution < 1.29 is 4.79 Å². The molecular weight excluding hydrogens is 412 g/mol. The highest BCUT2D eigenvalue weighted by atomic mass is 16.2. The highest BCUT2D eigenvalue weighted by Gasteiger charge is 2.29. The molecule has 0 bridgehead atoms. The van der Waals surface area contributed by atoms with Gasteiger partial charge in [-0.2, -0.15) is 5.10 Å². The van der Waals surface area contributed by atoms with Crippen molar-refractivity contribution in [3.8, 4) is 5.69 Å². The van der Waals surface area contributed by atoms with Gasteiger partial charge in [0.25, 0.3) is 0 Å². The van der Waals surface area contributed by atoms with Gasteiger partial charge < -0.3 is 15.5 Å². The maximum absolute atomic E-state index is 12.5. The molecule has 7 heteroatoms. The van der Waals surface area contributed by atoms with Gasteiger partial charge in [-0.1, -0.05) is 42.5 Å². The van der Waals surface area contributed by atoms with Crippen molar-refractivity contribution in [3.63, 3.8) is 0 Å². The number of guanidine groups is 1. The lowest BCUT2D eigenvalue weighted by atomic mass is 10.1. The Hall–Kier alpha value is -3.61. The molecule has 0 aliphatic carbocycles. The molecule has 1 aliphatic heterocycles. The van der Waals surface area contributed by atoms with Gasteiger partial charge in [-0.15, -0.1) is 0 Å². The van der Waals surface area contributed by atoms with Crippen molar-refractivity contribution in [2.75, 3.05) is 26.2 Å². The number of rotatable bonds is 9. The topological polar surface area (TPSA) is 74.5 Å². The van der Waals surface area contributed by atoms with Crippen molar-refractivity contribution in [3.05, 3.63) is 84.2 Å². The van der Waals surface area contributed by atoms with E-state index in [0.29, 0.717) is 18.9 Å². The number of benzene rings is 2. The summed E-state index contributed by atoms with van der Waals surface area (Å²) >= 11 is 0. The van der Waals surface area contributed by atoms with Crippen molar-refractivity contribution >= 4 is 11.9 Å². The fraction of sp³-hybridized carbons (Fsp3) is 0.346. The summed E-state index contributed by atoms with van der Waals surface area (Å²) in [6.07, 6.45) is 5.19. The molecule has 172 valence electrons. The van der Waals surface area contributed by atoms with Gasteiger partial charge in [0.1, 0.15) is 0 Å². The number of hydrogen-bond donors (Lipinski definition) is 2. The summed E-state index contributed by atoms with van der Waals surface area (Å²) in [5.74, 6) is 1.31. The number of aromatic nitrogens is 2. The average molecular weight is 445 g/mol. The van der Waals surface area contributed by atoms with Crippen LogP contribution >= 0.6 is 0 Å². The van der Waals surface area contributed by atoms with Crippen LogP contribution in [0.5, 0.6) is 0 Å². The van der Waals surface area contributed by atoms with E-state index >= 15 is 0 Å². The number of hydrogen-bond acceptors (Lipinski definition) is 3. The second kappa shape index (κ2) is 11.3. The molecule has 7 nitrogen and oxygen atoms in total. The molecule has 0 radical (unpaired) electrons. The fourth-order valence-electron chi connectivity index (χ4n) is 4.09. The molecule has 3 aromatic rings. The first-order chi connectivity index (χ1) is 16.2. The quantitative estimate of drug-likeness (QED) is 0.393. The van der Waals surface area contributed by atoms with Crippen molar-refractivity contribution in [1.82, 2.24) is 25.3 Å². The number of likely N-dealkylation sites (tertiary alicyclic amines) is 1. The zero-order valence-corrected chi connectivity index (χ0v) is 19.2. The summed E-state index contributed by atoms with van der Waals surface area (Å²) in [6.45, 7) is 5.71. The first-order valence-electron chi connectivity index (χ1n) is 11.6. The average Bonchev–Trinajstić information content (AvgIpc) is 3.50. The third-order valence-corrected chi connectivity index (χ3v) is 5.81. The van der Waals surface area contributed by atoms with Gasteiger partial charge in [0.05, 0.1) is 12.2 Å². The van der Waals surface area contributed by atoms with Crippen LogP contribution in [0.2, 0.25) is 0 Å². The largest absolute Gasteiger partial charge is 0.357 e. The van der Waals surface area contributed by atoms with Crippen LogP contribution in [0.1, 0.15) is 24.5 Å². The zero-order chi connectivity index (χ0) is 22.9. The van der Waals surface area contributed by atoms with Crippen molar-refractivity contribution in [1.29, 1.82) is 0 Å². The van der Waals surface area contributed by atoms with E-state index < -0.39 is 0 Å². The van der Waals surface area contributed by atoms with Crippen LogP contribution in [0.4, 0.5) is 0 Å². The first-order valence-corrected chi connectivity index (χ1v) is 11.6. The molecule has 1 fully saturated rings. The Labute approximate surface area is 195 Å². The summed E-state index contributed by atoms with van der Waals surface area (Å²) in [6, 6.07) is 20.5. The maximum Gasteiger partial charge on any atom is 0.223 e. The Morgan fingerprint density at radius 1 is 1.09 bits per heavy atom. The van der Waals surface area contributed by atoms with E-state index in [1.807, 2.05) is 52.2 Å². The van der Waals surface area contributed by atoms with E-state index in [9.17, 15) is 4.79 Å². The molecule has 0 saturated carbocycles. The normalized spacial score (nSPS) is 16.3. The lowest BCUT2D eigenvalue weighted by Gasteiger charge is -2.18. The van der Waals surface area contributed by atoms with Crippen LogP contribution in [0.25, 0.3) is 5.69 Å². The molecular formula is C26H32N6O. The van der Waals surface area contributed by atoms with E-state index in [2.05, 4.69) is 46.9 Å². The third kappa shape index (κ3) is 6.44. The third-order valence-electron chi connectivity index (χ3n) is 5.81. The van der Waals surface area contributed by atoms with Gasteiger partial charge in [-0.3, -0.25) is 4.79 Å². The van der Waals surface area contributed by atoms with Crippen LogP contribution < -0.4 is 10.6 Å². The number of nitrogens with zero attached hydrogens (tertiary/aromatic N) is 4. The summed E-state index contributed by atoms with van der Waals surface area (Å²) in [5.41, 5.74) is 3.40. The molecule has 33 heavy (non-hydrogen) atoms. The van der Waals surface area contributed by atoms with Crippen LogP contribution in [0.15, 0.2) is 78.0 Å². The molecule has 2 N–H and O–H groups in total. The highest BCUT2D eigenvalue weighted by molar-refractivity contribution is 5.81. The van der Waals surface area contributed by atoms with E-state index in [4.69, 9.17) is 4.99 Å². The molecule has 1 unspecified atom stereocenters. The Morgan fingerprint density at radius 2 is 1.94 bits per heavy atom. The molecule has 1 aliphatic rings. The van der Waals surface area contributed by atoms with Crippen LogP contribution in [-0.4, -0.2) is 52.7 Å². The number of carbonyl (C=O) groups excluding carboxylic acids is 1. The Morgan fingerprint density at radius 3 is 2.73 bits per heavy atom. The van der Waals surface area contributed by atoms with E-state index in [0.717, 1.165) is 49.8 Å². The molecule has 2 heterocycles. The van der Waals surface area contributed by atoms with E-state index in [1.165, 1.54) is 5.56 Å². The Balaban J connectivity index is 1.29. The number of nitrogens with one attached hydrogen (secondary N) is 2. The number of amides is 1. The van der Waals surface area contributed by atoms with Crippen LogP contribution in [0, 0.1) is 5.92 Å². The highest BCUT2D eigenvalue weighted by Crippen LogP contribution is 2.18. The lowest BCUT2D eigenvalue weighted by Crippen LogP contribution is -2.40. The summed E-state index contributed by atoms with van der Waals surface area (Å²) in [7, 11) is 0. The van der Waals surface area contributed by atoms with Gasteiger partial charge in [-0.05, 0) is 42.7 Å². The molecule has 1 aromatic heterocycles. The minimum absolute atomic E-state index is 0.245. The minimum atomic E-state index is 0.245. The SMILES string of the molecule is CCNC(=NCc1cccc(-n2cccn2)c1)NCC1CC(=O)N(CCc2ccccc2)C1. The Bertz CT molecular complexity index is 1050. The second-order valence-corrected chi connectivity index (χ2v) is 8.34. The molecule has 1 atom stereocenters. The molecule has 2 aromatic carbocycles. The first kappa shape index (κ1) is 22.6. The van der Waals surface area contributed by atoms with Gasteiger partial charge in [0.15, 0.2) is 5.96 Å². The molecule has 1 saturated heterocycles. The number of aliphatic imine (C=N–C) groups is 1. The minimum Gasteiger partial charge on any atom is -0.357 e. The number of carbonyl (C=O) groups is 1. The molecule has 0 spiro atoms. The predicted molar refractivity (Wildman–Crippen MR) is 131 cm³/mol. The van der Waals surface area contributed by atoms with Gasteiger partial charge in [0.2, 0.25) is 5.91 Å². The van der Waals surface area contributed by atoms with E-state index in [-0.39, 0.29) is 5.91 Å². The lowest BCUT2D eigenvalue weighted by molar-refractivity contribution is -0.127. The summed E-state index contributed by atoms with van der Waals surface area (Å²) in [4.78, 5) is 19.2. The molecule has 1 amide bonds. The van der Waals surface area contributed by atoms with Crippen LogP contribution in [-0.2, 0) is 17.8 Å². The molecule has 4 rings (SSSR count). The summed E-state index contributed by atoms with van der Waals surface area (Å²) < 4.78 is 1.84. The van der Waals surface area contributed by atoms with Gasteiger partial charge in [0, 0.05) is 50.9 Å². The maximum atomic E-state index is 12.5. The standard InChI is InChI=1S/C26H32N6O/c1-2-27-26(28-18-22-10-6-11-24(16-22)32-14-7-13-30-32)29-19-23-17-25(33)31(20-23)15-12-21-8-4-3-5-9-21/h3-11,13-14,16,23H,2,12,15,17-20H2,1H3,(H2,27,28,29). The zero-order valence-electron chi connectivity index (χ0n) is 19.2. The summed E-state index contributed by atoms with van der Waals surface area (Å²) in [5, 5.41) is 11.0. The monoisotopic (exact) mass is 444 g/mol. The van der Waals surface area contributed by atoms with E-state index in [1.54, 1.807) is 6.20 Å². The Kier molecular flexibility index (Phi) is 7.74. The van der Waals surface area contributed by atoms with Crippen molar-refractivity contribution in [2.24, 2.45) is 10.9 Å². The predicted octanol–water partition coefficient (Wildman–Crippen LogP) is 3.02. The van der Waals surface area contributed by atoms with Gasteiger partial charge >= 0.3 is 0 Å².